The van der Waals surface area contributed by atoms with Crippen LogP contribution in [0.3, 0.4) is 0 Å². The highest BCUT2D eigenvalue weighted by Gasteiger charge is 2.10. The van der Waals surface area contributed by atoms with Gasteiger partial charge in [0, 0.05) is 0 Å². The number of hydrogen-bond donors (Lipinski definition) is 0. The Morgan fingerprint density at radius 3 is 1.83 bits per heavy atom. The van der Waals surface area contributed by atoms with Crippen molar-refractivity contribution >= 4 is 31.3 Å². The van der Waals surface area contributed by atoms with E-state index in [1.807, 2.05) is 0 Å². The molecule has 0 unspecified atom stereocenters. The molecule has 0 rings (SSSR count). The zero-order valence-electron chi connectivity index (χ0n) is 3.24. The van der Waals surface area contributed by atoms with Crippen LogP contribution in [-0.2, 0) is 4.65 Å². The molecule has 0 amide bonds. The van der Waals surface area contributed by atoms with Crippen molar-refractivity contribution in [2.75, 3.05) is 0 Å². The van der Waals surface area contributed by atoms with Gasteiger partial charge in [0.1, 0.15) is 0 Å². The van der Waals surface area contributed by atoms with Gasteiger partial charge in [0.15, 0.2) is 0 Å². The van der Waals surface area contributed by atoms with Crippen LogP contribution in [0.1, 0.15) is 6.92 Å². The van der Waals surface area contributed by atoms with Crippen LogP contribution in [0.4, 0.5) is 0 Å². The Labute approximate surface area is 48.0 Å². The maximum absolute atomic E-state index is 5.14. The summed E-state index contributed by atoms with van der Waals surface area (Å²) in [6.45, 7) is 1.43. The van der Waals surface area contributed by atoms with Crippen LogP contribution in [0.15, 0.2) is 0 Å². The van der Waals surface area contributed by atoms with Crippen LogP contribution in [0.25, 0.3) is 0 Å². The molecule has 0 atom stereocenters. The minimum Gasteiger partial charge on any atom is -0.420 e. The molecule has 6 heavy (non-hydrogen) atoms. The van der Waals surface area contributed by atoms with E-state index in [2.05, 4.69) is 12.7 Å². The second kappa shape index (κ2) is 2.06. The van der Waals surface area contributed by atoms with E-state index in [1.165, 1.54) is 6.92 Å². The molecule has 0 aromatic carbocycles. The molecular formula is C2H3BCl2O. The van der Waals surface area contributed by atoms with E-state index < -0.39 is 4.52 Å². The van der Waals surface area contributed by atoms with Gasteiger partial charge in [0.25, 0.3) is 8.05 Å². The number of alkyl halides is 2. The summed E-state index contributed by atoms with van der Waals surface area (Å²) in [5.74, 6) is 0. The van der Waals surface area contributed by atoms with E-state index in [9.17, 15) is 0 Å². The van der Waals surface area contributed by atoms with Crippen molar-refractivity contribution in [2.45, 2.75) is 11.4 Å². The van der Waals surface area contributed by atoms with Crippen molar-refractivity contribution in [1.82, 2.24) is 0 Å². The Balaban J connectivity index is 3.17. The first-order valence-electron chi connectivity index (χ1n) is 1.32. The molecule has 0 N–H and O–H groups in total. The lowest BCUT2D eigenvalue weighted by atomic mass is 10.6. The lowest BCUT2D eigenvalue weighted by Gasteiger charge is -2.08. The minimum atomic E-state index is -1.24. The SMILES string of the molecule is [B]OC(C)(Cl)Cl. The minimum absolute atomic E-state index is 1.24. The van der Waals surface area contributed by atoms with Crippen LogP contribution in [0, 0.1) is 0 Å². The maximum Gasteiger partial charge on any atom is 0.286 e. The lowest BCUT2D eigenvalue weighted by molar-refractivity contribution is 0.290. The Morgan fingerprint density at radius 1 is 1.67 bits per heavy atom. The van der Waals surface area contributed by atoms with Gasteiger partial charge in [-0.3, -0.25) is 0 Å². The van der Waals surface area contributed by atoms with Gasteiger partial charge < -0.3 is 4.65 Å². The van der Waals surface area contributed by atoms with E-state index in [0.29, 0.717) is 0 Å². The highest BCUT2D eigenvalue weighted by molar-refractivity contribution is 6.47. The summed E-state index contributed by atoms with van der Waals surface area (Å²) in [6, 6.07) is 0. The van der Waals surface area contributed by atoms with Gasteiger partial charge in [-0.15, -0.1) is 0 Å². The number of rotatable bonds is 1. The van der Waals surface area contributed by atoms with Crippen molar-refractivity contribution < 1.29 is 4.65 Å². The van der Waals surface area contributed by atoms with Crippen molar-refractivity contribution in [3.63, 3.8) is 0 Å². The summed E-state index contributed by atoms with van der Waals surface area (Å²) in [7, 11) is 4.54. The van der Waals surface area contributed by atoms with E-state index in [0.717, 1.165) is 0 Å². The molecule has 0 fully saturated rings. The summed E-state index contributed by atoms with van der Waals surface area (Å²) in [6.07, 6.45) is 0. The lowest BCUT2D eigenvalue weighted by Crippen LogP contribution is -2.08. The molecule has 0 saturated heterocycles. The van der Waals surface area contributed by atoms with Gasteiger partial charge in [-0.1, -0.05) is 23.2 Å². The second-order valence-corrected chi connectivity index (χ2v) is 2.56. The third kappa shape index (κ3) is 4.60. The third-order valence-corrected chi connectivity index (χ3v) is 0.385. The molecule has 4 heteroatoms. The van der Waals surface area contributed by atoms with Crippen LogP contribution in [0.5, 0.6) is 0 Å². The Bertz CT molecular complexity index is 41.3. The monoisotopic (exact) mass is 124 g/mol. The second-order valence-electron chi connectivity index (χ2n) is 0.926. The van der Waals surface area contributed by atoms with Gasteiger partial charge in [0.2, 0.25) is 4.52 Å². The van der Waals surface area contributed by atoms with Crippen LogP contribution < -0.4 is 0 Å². The zero-order valence-corrected chi connectivity index (χ0v) is 4.75. The maximum atomic E-state index is 5.14. The number of hydrogen-bond acceptors (Lipinski definition) is 1. The molecule has 0 aliphatic carbocycles. The third-order valence-electron chi connectivity index (χ3n) is 0.207. The van der Waals surface area contributed by atoms with Gasteiger partial charge >= 0.3 is 0 Å². The molecule has 34 valence electrons. The molecule has 0 heterocycles. The fourth-order valence-corrected chi connectivity index (χ4v) is 0. The van der Waals surface area contributed by atoms with Gasteiger partial charge in [-0.25, -0.2) is 0 Å². The quantitative estimate of drug-likeness (QED) is 0.378. The van der Waals surface area contributed by atoms with E-state index in [4.69, 9.17) is 23.2 Å². The summed E-state index contributed by atoms with van der Waals surface area (Å²) >= 11 is 10.3. The largest absolute Gasteiger partial charge is 0.420 e. The molecule has 0 spiro atoms. The van der Waals surface area contributed by atoms with Gasteiger partial charge in [-0.05, 0) is 6.92 Å². The average Bonchev–Trinajstić information content (AvgIpc) is 1.35. The number of halogens is 2. The normalized spacial score (nSPS) is 11.8. The molecule has 0 aliphatic rings. The molecule has 0 aliphatic heterocycles. The molecule has 0 aromatic heterocycles. The molecule has 1 nitrogen and oxygen atoms in total. The predicted octanol–water partition coefficient (Wildman–Crippen LogP) is 1.24. The summed E-state index contributed by atoms with van der Waals surface area (Å²) in [5, 5.41) is 0. The fraction of sp³-hybridized carbons (Fsp3) is 1.00. The smallest absolute Gasteiger partial charge is 0.286 e. The zero-order chi connectivity index (χ0) is 5.21. The summed E-state index contributed by atoms with van der Waals surface area (Å²) < 4.78 is 2.73. The van der Waals surface area contributed by atoms with Crippen molar-refractivity contribution in [3.05, 3.63) is 0 Å². The standard InChI is InChI=1S/C2H3BCl2O/c1-2(4,5)6-3/h1H3. The highest BCUT2D eigenvalue weighted by Crippen LogP contribution is 2.18. The van der Waals surface area contributed by atoms with Gasteiger partial charge in [-0.2, -0.15) is 0 Å². The van der Waals surface area contributed by atoms with Crippen LogP contribution in [0.2, 0.25) is 0 Å². The van der Waals surface area contributed by atoms with Crippen molar-refractivity contribution in [3.8, 4) is 0 Å². The first-order chi connectivity index (χ1) is 2.56. The van der Waals surface area contributed by atoms with Crippen LogP contribution >= 0.6 is 23.2 Å². The predicted molar refractivity (Wildman–Crippen MR) is 26.9 cm³/mol. The van der Waals surface area contributed by atoms with Crippen molar-refractivity contribution in [1.29, 1.82) is 0 Å². The van der Waals surface area contributed by atoms with E-state index in [-0.39, 0.29) is 0 Å². The van der Waals surface area contributed by atoms with E-state index >= 15 is 0 Å². The van der Waals surface area contributed by atoms with Crippen molar-refractivity contribution in [2.24, 2.45) is 0 Å². The summed E-state index contributed by atoms with van der Waals surface area (Å²) in [5.41, 5.74) is 0. The summed E-state index contributed by atoms with van der Waals surface area (Å²) in [4.78, 5) is 0. The Kier molecular flexibility index (Phi) is 2.26. The molecule has 0 bridgehead atoms. The average molecular weight is 125 g/mol. The van der Waals surface area contributed by atoms with Crippen LogP contribution in [-0.4, -0.2) is 12.6 Å². The fourth-order valence-electron chi connectivity index (χ4n) is 0. The van der Waals surface area contributed by atoms with E-state index in [1.54, 1.807) is 0 Å². The molecule has 2 radical (unpaired) electrons. The first-order valence-corrected chi connectivity index (χ1v) is 2.07. The Hall–Kier alpha value is 0.605. The molecular weight excluding hydrogens is 122 g/mol. The first kappa shape index (κ1) is 6.60. The van der Waals surface area contributed by atoms with Gasteiger partial charge in [0.05, 0.1) is 0 Å². The highest BCUT2D eigenvalue weighted by atomic mass is 35.5. The molecule has 0 aromatic rings. The topological polar surface area (TPSA) is 9.23 Å². The molecule has 0 saturated carbocycles. The Morgan fingerprint density at radius 2 is 1.83 bits per heavy atom.